The summed E-state index contributed by atoms with van der Waals surface area (Å²) in [5.74, 6) is 0. The number of hydrogen-bond donors (Lipinski definition) is 0. The van der Waals surface area contributed by atoms with Crippen molar-refractivity contribution in [3.05, 3.63) is 59.1 Å². The van der Waals surface area contributed by atoms with Crippen LogP contribution >= 0.6 is 11.6 Å². The number of aromatic nitrogens is 6. The molecule has 6 nitrogen and oxygen atoms in total. The molecule has 0 saturated heterocycles. The van der Waals surface area contributed by atoms with E-state index < -0.39 is 0 Å². The first-order valence-corrected chi connectivity index (χ1v) is 8.67. The lowest BCUT2D eigenvalue weighted by Crippen LogP contribution is -2.00. The lowest BCUT2D eigenvalue weighted by atomic mass is 10.1. The van der Waals surface area contributed by atoms with Crippen LogP contribution in [0.5, 0.6) is 0 Å². The highest BCUT2D eigenvalue weighted by molar-refractivity contribution is 6.30. The fraction of sp³-hybridized carbons (Fsp3) is 0.211. The van der Waals surface area contributed by atoms with Crippen molar-refractivity contribution in [1.82, 2.24) is 29.3 Å². The average Bonchev–Trinajstić information content (AvgIpc) is 3.28. The van der Waals surface area contributed by atoms with Gasteiger partial charge in [0.1, 0.15) is 0 Å². The fourth-order valence-electron chi connectivity index (χ4n) is 3.01. The average molecular weight is 367 g/mol. The topological polar surface area (TPSA) is 53.5 Å². The molecule has 0 N–H and O–H groups in total. The second kappa shape index (κ2) is 6.14. The van der Waals surface area contributed by atoms with Crippen molar-refractivity contribution in [3.8, 4) is 28.2 Å². The number of hydrogen-bond acceptors (Lipinski definition) is 3. The van der Waals surface area contributed by atoms with Crippen LogP contribution in [0.15, 0.2) is 42.7 Å². The number of benzene rings is 1. The highest BCUT2D eigenvalue weighted by atomic mass is 35.5. The normalized spacial score (nSPS) is 11.3. The van der Waals surface area contributed by atoms with E-state index in [1.807, 2.05) is 78.6 Å². The van der Waals surface area contributed by atoms with Gasteiger partial charge in [0, 0.05) is 41.6 Å². The Morgan fingerprint density at radius 1 is 0.885 bits per heavy atom. The van der Waals surface area contributed by atoms with Crippen LogP contribution in [0.1, 0.15) is 11.4 Å². The van der Waals surface area contributed by atoms with Crippen LogP contribution in [0.4, 0.5) is 0 Å². The summed E-state index contributed by atoms with van der Waals surface area (Å²) in [7, 11) is 3.87. The van der Waals surface area contributed by atoms with Gasteiger partial charge in [-0.3, -0.25) is 9.36 Å². The summed E-state index contributed by atoms with van der Waals surface area (Å²) in [5.41, 5.74) is 6.93. The molecule has 4 rings (SSSR count). The smallest absolute Gasteiger partial charge is 0.0968 e. The lowest BCUT2D eigenvalue weighted by molar-refractivity contribution is 0.740. The molecule has 0 fully saturated rings. The van der Waals surface area contributed by atoms with Crippen molar-refractivity contribution >= 4 is 11.6 Å². The number of halogens is 1. The lowest BCUT2D eigenvalue weighted by Gasteiger charge is -2.07. The van der Waals surface area contributed by atoms with Gasteiger partial charge in [-0.25, -0.2) is 4.68 Å². The van der Waals surface area contributed by atoms with Crippen LogP contribution in [-0.2, 0) is 14.1 Å². The van der Waals surface area contributed by atoms with E-state index in [-0.39, 0.29) is 0 Å². The minimum atomic E-state index is 0.672. The first kappa shape index (κ1) is 16.6. The van der Waals surface area contributed by atoms with Crippen LogP contribution in [0, 0.1) is 13.8 Å². The molecule has 0 aliphatic rings. The molecule has 0 aliphatic heterocycles. The third-order valence-electron chi connectivity index (χ3n) is 4.78. The van der Waals surface area contributed by atoms with Gasteiger partial charge in [-0.1, -0.05) is 17.7 Å². The summed E-state index contributed by atoms with van der Waals surface area (Å²) < 4.78 is 5.63. The Balaban J connectivity index is 1.96. The quantitative estimate of drug-likeness (QED) is 0.551. The van der Waals surface area contributed by atoms with E-state index in [1.54, 1.807) is 0 Å². The highest BCUT2D eigenvalue weighted by Gasteiger charge is 2.19. The number of nitrogens with zero attached hydrogens (tertiary/aromatic N) is 6. The molecule has 4 aromatic rings. The van der Waals surface area contributed by atoms with E-state index in [4.69, 9.17) is 16.7 Å². The van der Waals surface area contributed by atoms with Gasteiger partial charge >= 0.3 is 0 Å². The summed E-state index contributed by atoms with van der Waals surface area (Å²) >= 11 is 6.21. The standard InChI is InChI=1S/C19H19ClN6/c1-12-16(10-21-24(12)3)18-9-19(17-11-22-25(4)13(17)2)26(23-18)15-7-5-6-14(20)8-15/h5-11H,1-4H3. The predicted molar refractivity (Wildman–Crippen MR) is 102 cm³/mol. The molecule has 0 radical (unpaired) electrons. The number of rotatable bonds is 3. The third kappa shape index (κ3) is 2.63. The zero-order valence-corrected chi connectivity index (χ0v) is 15.9. The molecule has 0 bridgehead atoms. The summed E-state index contributed by atoms with van der Waals surface area (Å²) in [6.45, 7) is 4.09. The molecule has 7 heteroatoms. The Labute approximate surface area is 156 Å². The Hall–Kier alpha value is -2.86. The van der Waals surface area contributed by atoms with Crippen molar-refractivity contribution in [2.24, 2.45) is 14.1 Å². The maximum Gasteiger partial charge on any atom is 0.0968 e. The maximum absolute atomic E-state index is 6.21. The maximum atomic E-state index is 6.21. The van der Waals surface area contributed by atoms with Gasteiger partial charge in [-0.2, -0.15) is 15.3 Å². The molecular formula is C19H19ClN6. The van der Waals surface area contributed by atoms with E-state index in [0.29, 0.717) is 5.02 Å². The largest absolute Gasteiger partial charge is 0.272 e. The molecule has 132 valence electrons. The van der Waals surface area contributed by atoms with Crippen LogP contribution < -0.4 is 0 Å². The summed E-state index contributed by atoms with van der Waals surface area (Å²) in [6, 6.07) is 9.76. The van der Waals surface area contributed by atoms with Crippen molar-refractivity contribution in [1.29, 1.82) is 0 Å². The van der Waals surface area contributed by atoms with Crippen molar-refractivity contribution in [2.75, 3.05) is 0 Å². The first-order valence-electron chi connectivity index (χ1n) is 8.29. The Morgan fingerprint density at radius 3 is 2.12 bits per heavy atom. The molecule has 26 heavy (non-hydrogen) atoms. The zero-order chi connectivity index (χ0) is 18.4. The molecule has 1 aromatic carbocycles. The minimum absolute atomic E-state index is 0.672. The number of aryl methyl sites for hydroxylation is 2. The first-order chi connectivity index (χ1) is 12.5. The van der Waals surface area contributed by atoms with Gasteiger partial charge in [0.25, 0.3) is 0 Å². The second-order valence-electron chi connectivity index (χ2n) is 6.34. The third-order valence-corrected chi connectivity index (χ3v) is 5.02. The van der Waals surface area contributed by atoms with Gasteiger partial charge in [0.05, 0.1) is 29.5 Å². The summed E-state index contributed by atoms with van der Waals surface area (Å²) in [5, 5.41) is 14.3. The summed E-state index contributed by atoms with van der Waals surface area (Å²) in [6.07, 6.45) is 3.72. The van der Waals surface area contributed by atoms with Gasteiger partial charge in [0.2, 0.25) is 0 Å². The monoisotopic (exact) mass is 366 g/mol. The van der Waals surface area contributed by atoms with Crippen molar-refractivity contribution in [3.63, 3.8) is 0 Å². The van der Waals surface area contributed by atoms with Crippen molar-refractivity contribution < 1.29 is 0 Å². The molecule has 3 heterocycles. The Bertz CT molecular complexity index is 1100. The molecule has 0 saturated carbocycles. The van der Waals surface area contributed by atoms with Gasteiger partial charge in [-0.05, 0) is 38.1 Å². The van der Waals surface area contributed by atoms with Gasteiger partial charge in [0.15, 0.2) is 0 Å². The summed E-state index contributed by atoms with van der Waals surface area (Å²) in [4.78, 5) is 0. The zero-order valence-electron chi connectivity index (χ0n) is 15.1. The molecule has 0 amide bonds. The van der Waals surface area contributed by atoms with Gasteiger partial charge in [-0.15, -0.1) is 0 Å². The molecule has 0 unspecified atom stereocenters. The fourth-order valence-corrected chi connectivity index (χ4v) is 3.19. The Morgan fingerprint density at radius 2 is 1.54 bits per heavy atom. The van der Waals surface area contributed by atoms with E-state index in [9.17, 15) is 0 Å². The molecule has 0 spiro atoms. The Kier molecular flexibility index (Phi) is 3.92. The molecule has 0 aliphatic carbocycles. The van der Waals surface area contributed by atoms with E-state index in [0.717, 1.165) is 39.6 Å². The van der Waals surface area contributed by atoms with Crippen LogP contribution in [0.2, 0.25) is 5.02 Å². The van der Waals surface area contributed by atoms with E-state index in [2.05, 4.69) is 16.3 Å². The van der Waals surface area contributed by atoms with Gasteiger partial charge < -0.3 is 0 Å². The molecular weight excluding hydrogens is 348 g/mol. The van der Waals surface area contributed by atoms with Crippen molar-refractivity contribution in [2.45, 2.75) is 13.8 Å². The van der Waals surface area contributed by atoms with E-state index >= 15 is 0 Å². The molecule has 3 aromatic heterocycles. The second-order valence-corrected chi connectivity index (χ2v) is 6.78. The predicted octanol–water partition coefficient (Wildman–Crippen LogP) is 3.94. The van der Waals surface area contributed by atoms with E-state index in [1.165, 1.54) is 0 Å². The highest BCUT2D eigenvalue weighted by Crippen LogP contribution is 2.32. The minimum Gasteiger partial charge on any atom is -0.272 e. The molecule has 0 atom stereocenters. The van der Waals surface area contributed by atoms with Crippen LogP contribution in [-0.4, -0.2) is 29.3 Å². The van der Waals surface area contributed by atoms with Crippen LogP contribution in [0.25, 0.3) is 28.2 Å². The van der Waals surface area contributed by atoms with Crippen LogP contribution in [0.3, 0.4) is 0 Å². The SMILES string of the molecule is Cc1c(-c2cc(-c3cnn(C)c3C)n(-c3cccc(Cl)c3)n2)cnn1C.